The third-order valence-electron chi connectivity index (χ3n) is 5.39. The number of hydrogen-bond acceptors (Lipinski definition) is 2. The second kappa shape index (κ2) is 7.26. The minimum atomic E-state index is 0.713. The molecule has 0 aromatic rings. The van der Waals surface area contributed by atoms with E-state index >= 15 is 0 Å². The monoisotopic (exact) mass is 280 g/mol. The van der Waals surface area contributed by atoms with Gasteiger partial charge in [0, 0.05) is 31.2 Å². The van der Waals surface area contributed by atoms with Gasteiger partial charge in [-0.25, -0.2) is 0 Å². The molecule has 1 saturated carbocycles. The van der Waals surface area contributed by atoms with Crippen molar-refractivity contribution >= 4 is 0 Å². The van der Waals surface area contributed by atoms with Gasteiger partial charge in [0.05, 0.1) is 0 Å². The lowest BCUT2D eigenvalue weighted by Gasteiger charge is -2.48. The number of nitrogens with one attached hydrogen (secondary N) is 1. The number of rotatable bonds is 4. The fourth-order valence-corrected chi connectivity index (χ4v) is 4.62. The Balaban J connectivity index is 2.00. The first kappa shape index (κ1) is 16.3. The normalized spacial score (nSPS) is 40.2. The maximum atomic E-state index is 3.80. The van der Waals surface area contributed by atoms with Gasteiger partial charge in [0.2, 0.25) is 0 Å². The van der Waals surface area contributed by atoms with Crippen LogP contribution in [0.25, 0.3) is 0 Å². The molecule has 0 aromatic carbocycles. The van der Waals surface area contributed by atoms with Crippen molar-refractivity contribution in [3.63, 3.8) is 0 Å². The molecule has 0 spiro atoms. The first-order chi connectivity index (χ1) is 9.49. The zero-order chi connectivity index (χ0) is 14.7. The van der Waals surface area contributed by atoms with Gasteiger partial charge in [-0.05, 0) is 49.9 Å². The van der Waals surface area contributed by atoms with E-state index in [0.717, 1.165) is 29.8 Å². The van der Waals surface area contributed by atoms with Crippen molar-refractivity contribution < 1.29 is 0 Å². The van der Waals surface area contributed by atoms with E-state index in [9.17, 15) is 0 Å². The Bertz CT molecular complexity index is 279. The van der Waals surface area contributed by atoms with E-state index < -0.39 is 0 Å². The van der Waals surface area contributed by atoms with E-state index in [0.29, 0.717) is 6.04 Å². The summed E-state index contributed by atoms with van der Waals surface area (Å²) >= 11 is 0. The van der Waals surface area contributed by atoms with E-state index in [1.54, 1.807) is 0 Å². The Hall–Kier alpha value is -0.0800. The molecule has 1 heterocycles. The molecule has 1 aliphatic carbocycles. The zero-order valence-corrected chi connectivity index (χ0v) is 14.4. The van der Waals surface area contributed by atoms with Crippen LogP contribution in [0.1, 0.15) is 66.7 Å². The zero-order valence-electron chi connectivity index (χ0n) is 14.4. The van der Waals surface area contributed by atoms with Crippen molar-refractivity contribution in [2.45, 2.75) is 84.8 Å². The third-order valence-corrected chi connectivity index (χ3v) is 5.39. The predicted octanol–water partition coefficient (Wildman–Crippen LogP) is 3.91. The quantitative estimate of drug-likeness (QED) is 0.840. The molecule has 2 heteroatoms. The van der Waals surface area contributed by atoms with Crippen molar-refractivity contribution in [1.82, 2.24) is 10.2 Å². The second-order valence-corrected chi connectivity index (χ2v) is 8.06. The topological polar surface area (TPSA) is 15.3 Å². The van der Waals surface area contributed by atoms with Crippen LogP contribution in [0.2, 0.25) is 0 Å². The molecule has 4 unspecified atom stereocenters. The molecule has 20 heavy (non-hydrogen) atoms. The van der Waals surface area contributed by atoms with Crippen LogP contribution in [-0.2, 0) is 0 Å². The van der Waals surface area contributed by atoms with E-state index in [2.05, 4.69) is 44.8 Å². The molecule has 0 radical (unpaired) electrons. The molecule has 0 bridgehead atoms. The van der Waals surface area contributed by atoms with Crippen LogP contribution in [0.4, 0.5) is 0 Å². The van der Waals surface area contributed by atoms with Gasteiger partial charge in [-0.3, -0.25) is 4.90 Å². The van der Waals surface area contributed by atoms with Crippen LogP contribution in [0.3, 0.4) is 0 Å². The fourth-order valence-electron chi connectivity index (χ4n) is 4.62. The van der Waals surface area contributed by atoms with Gasteiger partial charge in [0.1, 0.15) is 0 Å². The highest BCUT2D eigenvalue weighted by Gasteiger charge is 2.35. The molecule has 118 valence electrons. The molecular weight excluding hydrogens is 244 g/mol. The number of nitrogens with zero attached hydrogens (tertiary/aromatic N) is 1. The standard InChI is InChI=1S/C18H36N2/c1-6-17-11-19-16(7-13(2)3)12-20(17)18-9-14(4)8-15(5)10-18/h13-19H,6-12H2,1-5H3. The Labute approximate surface area is 126 Å². The largest absolute Gasteiger partial charge is 0.311 e. The smallest absolute Gasteiger partial charge is 0.0221 e. The highest BCUT2D eigenvalue weighted by molar-refractivity contribution is 4.92. The predicted molar refractivity (Wildman–Crippen MR) is 88.0 cm³/mol. The Morgan fingerprint density at radius 3 is 2.30 bits per heavy atom. The highest BCUT2D eigenvalue weighted by atomic mass is 15.3. The molecule has 4 atom stereocenters. The van der Waals surface area contributed by atoms with Crippen LogP contribution in [0.15, 0.2) is 0 Å². The summed E-state index contributed by atoms with van der Waals surface area (Å²) in [7, 11) is 0. The van der Waals surface area contributed by atoms with Crippen LogP contribution in [0, 0.1) is 17.8 Å². The van der Waals surface area contributed by atoms with Gasteiger partial charge in [0.25, 0.3) is 0 Å². The Kier molecular flexibility index (Phi) is 5.92. The molecule has 2 nitrogen and oxygen atoms in total. The molecule has 2 rings (SSSR count). The van der Waals surface area contributed by atoms with Gasteiger partial charge in [-0.15, -0.1) is 0 Å². The maximum Gasteiger partial charge on any atom is 0.0221 e. The van der Waals surface area contributed by atoms with Crippen molar-refractivity contribution in [1.29, 1.82) is 0 Å². The summed E-state index contributed by atoms with van der Waals surface area (Å²) in [5.74, 6) is 2.64. The summed E-state index contributed by atoms with van der Waals surface area (Å²) in [6.07, 6.45) is 6.91. The van der Waals surface area contributed by atoms with Gasteiger partial charge in [-0.1, -0.05) is 34.6 Å². The van der Waals surface area contributed by atoms with E-state index in [-0.39, 0.29) is 0 Å². The van der Waals surface area contributed by atoms with Crippen LogP contribution < -0.4 is 5.32 Å². The molecule has 2 aliphatic rings. The molecule has 2 fully saturated rings. The molecule has 0 aromatic heterocycles. The minimum absolute atomic E-state index is 0.713. The fraction of sp³-hybridized carbons (Fsp3) is 1.00. The van der Waals surface area contributed by atoms with Crippen molar-refractivity contribution in [3.05, 3.63) is 0 Å². The van der Waals surface area contributed by atoms with Crippen molar-refractivity contribution in [2.75, 3.05) is 13.1 Å². The Morgan fingerprint density at radius 2 is 1.75 bits per heavy atom. The Morgan fingerprint density at radius 1 is 1.10 bits per heavy atom. The highest BCUT2D eigenvalue weighted by Crippen LogP contribution is 2.33. The summed E-state index contributed by atoms with van der Waals surface area (Å²) in [5, 5.41) is 3.80. The molecule has 1 saturated heterocycles. The summed E-state index contributed by atoms with van der Waals surface area (Å²) < 4.78 is 0. The molecule has 1 N–H and O–H groups in total. The van der Waals surface area contributed by atoms with Crippen molar-refractivity contribution in [2.24, 2.45) is 17.8 Å². The molecule has 1 aliphatic heterocycles. The van der Waals surface area contributed by atoms with Gasteiger partial charge in [-0.2, -0.15) is 0 Å². The summed E-state index contributed by atoms with van der Waals surface area (Å²) in [6.45, 7) is 14.5. The summed E-state index contributed by atoms with van der Waals surface area (Å²) in [6, 6.07) is 2.32. The third kappa shape index (κ3) is 4.21. The van der Waals surface area contributed by atoms with Crippen LogP contribution in [0.5, 0.6) is 0 Å². The van der Waals surface area contributed by atoms with Crippen molar-refractivity contribution in [3.8, 4) is 0 Å². The van der Waals surface area contributed by atoms with E-state index in [4.69, 9.17) is 0 Å². The summed E-state index contributed by atoms with van der Waals surface area (Å²) in [4.78, 5) is 2.88. The lowest BCUT2D eigenvalue weighted by molar-refractivity contribution is 0.0333. The maximum absolute atomic E-state index is 3.80. The van der Waals surface area contributed by atoms with Gasteiger partial charge < -0.3 is 5.32 Å². The first-order valence-corrected chi connectivity index (χ1v) is 8.98. The minimum Gasteiger partial charge on any atom is -0.311 e. The lowest BCUT2D eigenvalue weighted by atomic mass is 9.79. The summed E-state index contributed by atoms with van der Waals surface area (Å²) in [5.41, 5.74) is 0. The molecular formula is C18H36N2. The first-order valence-electron chi connectivity index (χ1n) is 8.98. The number of piperazine rings is 1. The lowest BCUT2D eigenvalue weighted by Crippen LogP contribution is -2.60. The average Bonchev–Trinajstić information content (AvgIpc) is 2.36. The van der Waals surface area contributed by atoms with Crippen LogP contribution >= 0.6 is 0 Å². The van der Waals surface area contributed by atoms with Crippen LogP contribution in [-0.4, -0.2) is 36.1 Å². The van der Waals surface area contributed by atoms with Gasteiger partial charge >= 0.3 is 0 Å². The molecule has 0 amide bonds. The second-order valence-electron chi connectivity index (χ2n) is 8.06. The van der Waals surface area contributed by atoms with E-state index in [1.165, 1.54) is 45.2 Å². The number of hydrogen-bond donors (Lipinski definition) is 1. The van der Waals surface area contributed by atoms with E-state index in [1.807, 2.05) is 0 Å². The average molecular weight is 280 g/mol. The SMILES string of the molecule is CCC1CNC(CC(C)C)CN1C1CC(C)CC(C)C1. The van der Waals surface area contributed by atoms with Gasteiger partial charge in [0.15, 0.2) is 0 Å².